The molecule has 1 saturated heterocycles. The molecular weight excluding hydrogens is 354 g/mol. The summed E-state index contributed by atoms with van der Waals surface area (Å²) in [5.41, 5.74) is 3.56. The molecule has 2 aromatic rings. The third kappa shape index (κ3) is 3.67. The number of carbonyl (C=O) groups is 1. The van der Waals surface area contributed by atoms with Crippen LogP contribution in [0.4, 0.5) is 0 Å². The largest absolute Gasteiger partial charge is 0.350 e. The number of hydrogen-bond donors (Lipinski definition) is 1. The van der Waals surface area contributed by atoms with Crippen LogP contribution in [-0.4, -0.2) is 28.4 Å². The molecule has 4 rings (SSSR count). The molecule has 1 aliphatic carbocycles. The van der Waals surface area contributed by atoms with E-state index < -0.39 is 0 Å². The van der Waals surface area contributed by atoms with Crippen LogP contribution in [0, 0.1) is 0 Å². The molecular formula is C18H23N3O4S. The second-order valence-corrected chi connectivity index (χ2v) is 7.91. The standard InChI is InChI=1S/C18H23N3O4S/c22-14(20-25-15-7-3-4-10-24-15)8-9-21-11-19-17-16(18(21)23)12-5-1-2-6-13(12)26-17/h11,15H,1-10H2,(H,20,22). The molecule has 1 aliphatic heterocycles. The van der Waals surface area contributed by atoms with Crippen molar-refractivity contribution in [2.45, 2.75) is 64.2 Å². The molecule has 0 aromatic carbocycles. The van der Waals surface area contributed by atoms with Gasteiger partial charge in [0.05, 0.1) is 11.7 Å². The summed E-state index contributed by atoms with van der Waals surface area (Å²) in [7, 11) is 0. The van der Waals surface area contributed by atoms with E-state index in [1.165, 1.54) is 21.4 Å². The fourth-order valence-electron chi connectivity index (χ4n) is 3.55. The van der Waals surface area contributed by atoms with Crippen LogP contribution in [0.1, 0.15) is 49.0 Å². The van der Waals surface area contributed by atoms with E-state index >= 15 is 0 Å². The lowest BCUT2D eigenvalue weighted by Crippen LogP contribution is -2.34. The van der Waals surface area contributed by atoms with E-state index in [2.05, 4.69) is 10.5 Å². The third-order valence-corrected chi connectivity index (χ3v) is 6.16. The van der Waals surface area contributed by atoms with Crippen molar-refractivity contribution in [3.8, 4) is 0 Å². The van der Waals surface area contributed by atoms with Crippen molar-refractivity contribution in [1.29, 1.82) is 0 Å². The fraction of sp³-hybridized carbons (Fsp3) is 0.611. The molecule has 1 N–H and O–H groups in total. The molecule has 140 valence electrons. The Balaban J connectivity index is 1.40. The van der Waals surface area contributed by atoms with Gasteiger partial charge in [0.25, 0.3) is 5.56 Å². The van der Waals surface area contributed by atoms with Crippen LogP contribution in [0.25, 0.3) is 10.2 Å². The van der Waals surface area contributed by atoms with E-state index in [0.29, 0.717) is 6.61 Å². The molecule has 0 radical (unpaired) electrons. The number of amides is 1. The Kier molecular flexibility index (Phi) is 5.33. The number of rotatable bonds is 5. The smallest absolute Gasteiger partial charge is 0.262 e. The maximum absolute atomic E-state index is 12.8. The van der Waals surface area contributed by atoms with Crippen LogP contribution < -0.4 is 11.0 Å². The number of aryl methyl sites for hydroxylation is 3. The fourth-order valence-corrected chi connectivity index (χ4v) is 4.77. The van der Waals surface area contributed by atoms with E-state index in [-0.39, 0.29) is 30.7 Å². The van der Waals surface area contributed by atoms with E-state index in [4.69, 9.17) is 9.57 Å². The van der Waals surface area contributed by atoms with Crippen molar-refractivity contribution in [2.75, 3.05) is 6.61 Å². The number of hydroxylamine groups is 1. The van der Waals surface area contributed by atoms with Crippen LogP contribution in [0.15, 0.2) is 11.1 Å². The van der Waals surface area contributed by atoms with Crippen LogP contribution >= 0.6 is 11.3 Å². The number of hydrogen-bond acceptors (Lipinski definition) is 6. The number of ether oxygens (including phenoxy) is 1. The Morgan fingerprint density at radius 1 is 1.35 bits per heavy atom. The molecule has 26 heavy (non-hydrogen) atoms. The maximum Gasteiger partial charge on any atom is 0.262 e. The number of fused-ring (bicyclic) bond motifs is 3. The van der Waals surface area contributed by atoms with Gasteiger partial charge in [-0.1, -0.05) is 0 Å². The zero-order valence-electron chi connectivity index (χ0n) is 14.7. The molecule has 2 aliphatic rings. The second kappa shape index (κ2) is 7.85. The highest BCUT2D eigenvalue weighted by Gasteiger charge is 2.20. The molecule has 2 aromatic heterocycles. The zero-order valence-corrected chi connectivity index (χ0v) is 15.5. The molecule has 1 unspecified atom stereocenters. The summed E-state index contributed by atoms with van der Waals surface area (Å²) in [6.07, 6.45) is 8.47. The van der Waals surface area contributed by atoms with Gasteiger partial charge < -0.3 is 4.74 Å². The summed E-state index contributed by atoms with van der Waals surface area (Å²) in [6, 6.07) is 0. The van der Waals surface area contributed by atoms with E-state index in [1.54, 1.807) is 17.7 Å². The first-order valence-electron chi connectivity index (χ1n) is 9.28. The molecule has 0 spiro atoms. The van der Waals surface area contributed by atoms with E-state index in [0.717, 1.165) is 48.7 Å². The Morgan fingerprint density at radius 3 is 3.08 bits per heavy atom. The Morgan fingerprint density at radius 2 is 2.23 bits per heavy atom. The molecule has 0 bridgehead atoms. The number of carbonyl (C=O) groups excluding carboxylic acids is 1. The number of aromatic nitrogens is 2. The minimum atomic E-state index is -0.370. The minimum Gasteiger partial charge on any atom is -0.350 e. The Bertz CT molecular complexity index is 854. The Hall–Kier alpha value is -1.77. The van der Waals surface area contributed by atoms with Crippen molar-refractivity contribution in [2.24, 2.45) is 0 Å². The highest BCUT2D eigenvalue weighted by Crippen LogP contribution is 2.33. The zero-order chi connectivity index (χ0) is 17.9. The normalized spacial score (nSPS) is 20.1. The lowest BCUT2D eigenvalue weighted by Gasteiger charge is -2.22. The first-order valence-corrected chi connectivity index (χ1v) is 10.1. The molecule has 1 atom stereocenters. The predicted molar refractivity (Wildman–Crippen MR) is 98.0 cm³/mol. The average Bonchev–Trinajstić information content (AvgIpc) is 3.06. The van der Waals surface area contributed by atoms with Gasteiger partial charge in [0, 0.05) is 30.9 Å². The van der Waals surface area contributed by atoms with Gasteiger partial charge >= 0.3 is 0 Å². The van der Waals surface area contributed by atoms with Gasteiger partial charge in [0.15, 0.2) is 6.29 Å². The average molecular weight is 377 g/mol. The van der Waals surface area contributed by atoms with Crippen molar-refractivity contribution in [3.05, 3.63) is 27.1 Å². The van der Waals surface area contributed by atoms with Gasteiger partial charge in [-0.2, -0.15) is 0 Å². The summed E-state index contributed by atoms with van der Waals surface area (Å²) in [4.78, 5) is 36.7. The summed E-state index contributed by atoms with van der Waals surface area (Å²) in [6.45, 7) is 0.944. The summed E-state index contributed by atoms with van der Waals surface area (Å²) >= 11 is 1.63. The van der Waals surface area contributed by atoms with Crippen LogP contribution in [0.3, 0.4) is 0 Å². The summed E-state index contributed by atoms with van der Waals surface area (Å²) in [5.74, 6) is -0.265. The SMILES string of the molecule is O=C(CCn1cnc2sc3c(c2c1=O)CCCC3)NOC1CCCCO1. The lowest BCUT2D eigenvalue weighted by molar-refractivity contribution is -0.200. The molecule has 8 heteroatoms. The molecule has 0 saturated carbocycles. The summed E-state index contributed by atoms with van der Waals surface area (Å²) < 4.78 is 6.93. The van der Waals surface area contributed by atoms with Gasteiger partial charge in [0.1, 0.15) is 4.83 Å². The lowest BCUT2D eigenvalue weighted by atomic mass is 9.97. The van der Waals surface area contributed by atoms with E-state index in [1.807, 2.05) is 0 Å². The molecule has 1 amide bonds. The van der Waals surface area contributed by atoms with Gasteiger partial charge in [-0.15, -0.1) is 11.3 Å². The van der Waals surface area contributed by atoms with Gasteiger partial charge in [0.2, 0.25) is 5.91 Å². The van der Waals surface area contributed by atoms with Gasteiger partial charge in [-0.05, 0) is 44.1 Å². The molecule has 7 nitrogen and oxygen atoms in total. The third-order valence-electron chi connectivity index (χ3n) is 4.96. The highest BCUT2D eigenvalue weighted by atomic mass is 32.1. The van der Waals surface area contributed by atoms with Crippen molar-refractivity contribution >= 4 is 27.5 Å². The summed E-state index contributed by atoms with van der Waals surface area (Å²) in [5, 5.41) is 0.750. The minimum absolute atomic E-state index is 0.0428. The predicted octanol–water partition coefficient (Wildman–Crippen LogP) is 2.30. The number of nitrogens with one attached hydrogen (secondary N) is 1. The van der Waals surface area contributed by atoms with Crippen LogP contribution in [0.5, 0.6) is 0 Å². The first kappa shape index (κ1) is 17.6. The van der Waals surface area contributed by atoms with E-state index in [9.17, 15) is 9.59 Å². The van der Waals surface area contributed by atoms with Crippen molar-refractivity contribution in [1.82, 2.24) is 15.0 Å². The van der Waals surface area contributed by atoms with Gasteiger partial charge in [-0.25, -0.2) is 15.3 Å². The van der Waals surface area contributed by atoms with Gasteiger partial charge in [-0.3, -0.25) is 14.2 Å². The highest BCUT2D eigenvalue weighted by molar-refractivity contribution is 7.18. The quantitative estimate of drug-likeness (QED) is 0.809. The van der Waals surface area contributed by atoms with Crippen LogP contribution in [-0.2, 0) is 33.8 Å². The molecule has 1 fully saturated rings. The van der Waals surface area contributed by atoms with Crippen molar-refractivity contribution < 1.29 is 14.4 Å². The Labute approximate surface area is 155 Å². The topological polar surface area (TPSA) is 82.5 Å². The number of nitrogens with zero attached hydrogens (tertiary/aromatic N) is 2. The first-order chi connectivity index (χ1) is 12.7. The molecule has 3 heterocycles. The van der Waals surface area contributed by atoms with Crippen molar-refractivity contribution in [3.63, 3.8) is 0 Å². The monoisotopic (exact) mass is 377 g/mol. The van der Waals surface area contributed by atoms with Crippen LogP contribution in [0.2, 0.25) is 0 Å². The second-order valence-electron chi connectivity index (χ2n) is 6.82. The number of thiophene rings is 1. The maximum atomic E-state index is 12.8.